The third-order valence-corrected chi connectivity index (χ3v) is 1.88. The lowest BCUT2D eigenvalue weighted by molar-refractivity contribution is -0.158. The van der Waals surface area contributed by atoms with Gasteiger partial charge in [-0.15, -0.1) is 0 Å². The molecule has 0 bridgehead atoms. The fourth-order valence-electron chi connectivity index (χ4n) is 1.06. The maximum Gasteiger partial charge on any atom is 0.392 e. The minimum atomic E-state index is -4.30. The van der Waals surface area contributed by atoms with Gasteiger partial charge in [0.05, 0.1) is 13.0 Å². The normalized spacial score (nSPS) is 11.2. The van der Waals surface area contributed by atoms with E-state index >= 15 is 0 Å². The van der Waals surface area contributed by atoms with Crippen molar-refractivity contribution in [1.29, 1.82) is 0 Å². The van der Waals surface area contributed by atoms with E-state index in [0.717, 1.165) is 5.56 Å². The highest BCUT2D eigenvalue weighted by Crippen LogP contribution is 2.19. The SMILES string of the molecule is O=C(CCc1cncnc1)OCCC(F)(F)F. The van der Waals surface area contributed by atoms with Gasteiger partial charge in [-0.05, 0) is 12.0 Å². The summed E-state index contributed by atoms with van der Waals surface area (Å²) in [6.45, 7) is -0.631. The van der Waals surface area contributed by atoms with Crippen molar-refractivity contribution in [3.8, 4) is 0 Å². The van der Waals surface area contributed by atoms with Crippen molar-refractivity contribution >= 4 is 5.97 Å². The number of hydrogen-bond acceptors (Lipinski definition) is 4. The molecule has 0 aliphatic heterocycles. The maximum absolute atomic E-state index is 11.7. The average Bonchev–Trinajstić information content (AvgIpc) is 2.26. The zero-order chi connectivity index (χ0) is 12.7. The Kier molecular flexibility index (Phi) is 4.86. The summed E-state index contributed by atoms with van der Waals surface area (Å²) in [5.41, 5.74) is 0.736. The number of rotatable bonds is 5. The largest absolute Gasteiger partial charge is 0.465 e. The molecule has 1 aromatic heterocycles. The first-order valence-corrected chi connectivity index (χ1v) is 4.93. The van der Waals surface area contributed by atoms with Crippen molar-refractivity contribution in [3.63, 3.8) is 0 Å². The van der Waals surface area contributed by atoms with E-state index in [4.69, 9.17) is 0 Å². The molecule has 0 unspecified atom stereocenters. The molecule has 0 saturated heterocycles. The summed E-state index contributed by atoms with van der Waals surface area (Å²) < 4.78 is 39.7. The Bertz CT molecular complexity index is 354. The molecule has 1 rings (SSSR count). The highest BCUT2D eigenvalue weighted by molar-refractivity contribution is 5.69. The lowest BCUT2D eigenvalue weighted by Crippen LogP contribution is -2.14. The Labute approximate surface area is 95.8 Å². The molecule has 0 amide bonds. The Balaban J connectivity index is 2.18. The van der Waals surface area contributed by atoms with Crippen LogP contribution >= 0.6 is 0 Å². The molecule has 0 aliphatic rings. The van der Waals surface area contributed by atoms with Gasteiger partial charge in [-0.3, -0.25) is 4.79 Å². The van der Waals surface area contributed by atoms with Gasteiger partial charge >= 0.3 is 12.1 Å². The zero-order valence-electron chi connectivity index (χ0n) is 8.91. The number of carbonyl (C=O) groups is 1. The lowest BCUT2D eigenvalue weighted by atomic mass is 10.2. The van der Waals surface area contributed by atoms with Gasteiger partial charge in [0.25, 0.3) is 0 Å². The summed E-state index contributed by atoms with van der Waals surface area (Å²) in [7, 11) is 0. The van der Waals surface area contributed by atoms with Crippen LogP contribution in [0.25, 0.3) is 0 Å². The minimum absolute atomic E-state index is 0.0191. The van der Waals surface area contributed by atoms with Crippen molar-refractivity contribution in [2.24, 2.45) is 0 Å². The number of esters is 1. The lowest BCUT2D eigenvalue weighted by Gasteiger charge is -2.07. The molecule has 0 spiro atoms. The van der Waals surface area contributed by atoms with Crippen LogP contribution in [0, 0.1) is 0 Å². The first-order chi connectivity index (χ1) is 7.97. The predicted octanol–water partition coefficient (Wildman–Crippen LogP) is 1.90. The molecular weight excluding hydrogens is 237 g/mol. The number of alkyl halides is 3. The van der Waals surface area contributed by atoms with E-state index < -0.39 is 25.2 Å². The third kappa shape index (κ3) is 6.49. The van der Waals surface area contributed by atoms with Gasteiger partial charge < -0.3 is 4.74 Å². The molecule has 17 heavy (non-hydrogen) atoms. The van der Waals surface area contributed by atoms with Crippen molar-refractivity contribution in [1.82, 2.24) is 9.97 Å². The van der Waals surface area contributed by atoms with E-state index in [0.29, 0.717) is 6.42 Å². The summed E-state index contributed by atoms with van der Waals surface area (Å²) in [6.07, 6.45) is -0.616. The molecule has 1 aromatic rings. The molecular formula is C10H11F3N2O2. The Morgan fingerprint density at radius 1 is 1.29 bits per heavy atom. The topological polar surface area (TPSA) is 52.1 Å². The van der Waals surface area contributed by atoms with Crippen LogP contribution in [0.3, 0.4) is 0 Å². The van der Waals surface area contributed by atoms with E-state index in [1.807, 2.05) is 0 Å². The number of aryl methyl sites for hydroxylation is 1. The number of nitrogens with zero attached hydrogens (tertiary/aromatic N) is 2. The molecule has 4 nitrogen and oxygen atoms in total. The van der Waals surface area contributed by atoms with Gasteiger partial charge in [0, 0.05) is 18.8 Å². The van der Waals surface area contributed by atoms with Crippen molar-refractivity contribution in [3.05, 3.63) is 24.3 Å². The molecule has 0 N–H and O–H groups in total. The van der Waals surface area contributed by atoms with Crippen LogP contribution in [0.4, 0.5) is 13.2 Å². The summed E-state index contributed by atoms with van der Waals surface area (Å²) in [5.74, 6) is -0.655. The van der Waals surface area contributed by atoms with Crippen LogP contribution in [0.2, 0.25) is 0 Å². The highest BCUT2D eigenvalue weighted by Gasteiger charge is 2.27. The molecule has 0 radical (unpaired) electrons. The van der Waals surface area contributed by atoms with Crippen molar-refractivity contribution in [2.45, 2.75) is 25.4 Å². The number of ether oxygens (including phenoxy) is 1. The fraction of sp³-hybridized carbons (Fsp3) is 0.500. The van der Waals surface area contributed by atoms with Crippen LogP contribution in [0.5, 0.6) is 0 Å². The van der Waals surface area contributed by atoms with E-state index in [2.05, 4.69) is 14.7 Å². The summed E-state index contributed by atoms with van der Waals surface area (Å²) >= 11 is 0. The van der Waals surface area contributed by atoms with Crippen molar-refractivity contribution < 1.29 is 22.7 Å². The fourth-order valence-corrected chi connectivity index (χ4v) is 1.06. The first-order valence-electron chi connectivity index (χ1n) is 4.93. The summed E-state index contributed by atoms with van der Waals surface area (Å²) in [4.78, 5) is 18.6. The van der Waals surface area contributed by atoms with Gasteiger partial charge in [0.2, 0.25) is 0 Å². The molecule has 0 saturated carbocycles. The van der Waals surface area contributed by atoms with Crippen LogP contribution < -0.4 is 0 Å². The van der Waals surface area contributed by atoms with Gasteiger partial charge in [-0.2, -0.15) is 13.2 Å². The van der Waals surface area contributed by atoms with E-state index in [-0.39, 0.29) is 6.42 Å². The van der Waals surface area contributed by atoms with Gasteiger partial charge in [-0.1, -0.05) is 0 Å². The van der Waals surface area contributed by atoms with E-state index in [1.54, 1.807) is 0 Å². The number of halogens is 3. The first kappa shape index (κ1) is 13.4. The van der Waals surface area contributed by atoms with Gasteiger partial charge in [0.15, 0.2) is 0 Å². The zero-order valence-corrected chi connectivity index (χ0v) is 8.91. The number of aromatic nitrogens is 2. The molecule has 94 valence electrons. The second kappa shape index (κ2) is 6.17. The molecule has 0 fully saturated rings. The monoisotopic (exact) mass is 248 g/mol. The number of carbonyl (C=O) groups excluding carboxylic acids is 1. The van der Waals surface area contributed by atoms with Crippen LogP contribution in [-0.4, -0.2) is 28.7 Å². The van der Waals surface area contributed by atoms with E-state index in [9.17, 15) is 18.0 Å². The quantitative estimate of drug-likeness (QED) is 0.747. The Morgan fingerprint density at radius 3 is 2.53 bits per heavy atom. The summed E-state index contributed by atoms with van der Waals surface area (Å²) in [6, 6.07) is 0. The molecule has 0 atom stereocenters. The van der Waals surface area contributed by atoms with Crippen LogP contribution in [0.1, 0.15) is 18.4 Å². The summed E-state index contributed by atoms with van der Waals surface area (Å²) in [5, 5.41) is 0. The predicted molar refractivity (Wildman–Crippen MR) is 52.0 cm³/mol. The molecule has 0 aliphatic carbocycles. The molecule has 1 heterocycles. The highest BCUT2D eigenvalue weighted by atomic mass is 19.4. The maximum atomic E-state index is 11.7. The third-order valence-electron chi connectivity index (χ3n) is 1.88. The van der Waals surface area contributed by atoms with Gasteiger partial charge in [-0.25, -0.2) is 9.97 Å². The van der Waals surface area contributed by atoms with Gasteiger partial charge in [0.1, 0.15) is 6.33 Å². The Hall–Kier alpha value is -1.66. The van der Waals surface area contributed by atoms with Crippen LogP contribution in [-0.2, 0) is 16.0 Å². The molecule has 7 heteroatoms. The smallest absolute Gasteiger partial charge is 0.392 e. The average molecular weight is 248 g/mol. The Morgan fingerprint density at radius 2 is 1.94 bits per heavy atom. The second-order valence-corrected chi connectivity index (χ2v) is 3.33. The second-order valence-electron chi connectivity index (χ2n) is 3.33. The standard InChI is InChI=1S/C10H11F3N2O2/c11-10(12,13)3-4-17-9(16)2-1-8-5-14-7-15-6-8/h5-7H,1-4H2. The van der Waals surface area contributed by atoms with Crippen molar-refractivity contribution in [2.75, 3.05) is 6.61 Å². The van der Waals surface area contributed by atoms with E-state index in [1.165, 1.54) is 18.7 Å². The van der Waals surface area contributed by atoms with Crippen LogP contribution in [0.15, 0.2) is 18.7 Å². The minimum Gasteiger partial charge on any atom is -0.465 e. The molecule has 0 aromatic carbocycles. The number of hydrogen-bond donors (Lipinski definition) is 0.